The number of rotatable bonds is 14. The maximum Gasteiger partial charge on any atom is 0.327 e. The van der Waals surface area contributed by atoms with Crippen molar-refractivity contribution in [2.45, 2.75) is 43.4 Å². The molecule has 15 heteroatoms. The third-order valence-electron chi connectivity index (χ3n) is 4.23. The summed E-state index contributed by atoms with van der Waals surface area (Å²) in [4.78, 5) is 65.9. The van der Waals surface area contributed by atoms with Crippen molar-refractivity contribution in [2.75, 3.05) is 11.5 Å². The van der Waals surface area contributed by atoms with Gasteiger partial charge in [-0.25, -0.2) is 9.78 Å². The van der Waals surface area contributed by atoms with Gasteiger partial charge in [0.2, 0.25) is 17.7 Å². The van der Waals surface area contributed by atoms with Gasteiger partial charge in [-0.1, -0.05) is 0 Å². The predicted octanol–water partition coefficient (Wildman–Crippen LogP) is -2.46. The number of nitrogens with zero attached hydrogens (tertiary/aromatic N) is 1. The van der Waals surface area contributed by atoms with Crippen LogP contribution < -0.4 is 21.7 Å². The smallest absolute Gasteiger partial charge is 0.327 e. The molecule has 32 heavy (non-hydrogen) atoms. The Morgan fingerprint density at radius 1 is 0.969 bits per heavy atom. The molecular formula is C17H26N6O7S2. The number of hydrogen-bond acceptors (Lipinski definition) is 9. The number of aromatic amines is 1. The van der Waals surface area contributed by atoms with Gasteiger partial charge in [-0.15, -0.1) is 0 Å². The highest BCUT2D eigenvalue weighted by molar-refractivity contribution is 7.80. The number of carbonyl (C=O) groups excluding carboxylic acids is 3. The fraction of sp³-hybridized carbons (Fsp3) is 0.529. The van der Waals surface area contributed by atoms with Gasteiger partial charge in [0.05, 0.1) is 12.4 Å². The van der Waals surface area contributed by atoms with E-state index in [1.54, 1.807) is 0 Å². The molecule has 4 unspecified atom stereocenters. The van der Waals surface area contributed by atoms with E-state index in [2.05, 4.69) is 51.2 Å². The zero-order valence-electron chi connectivity index (χ0n) is 16.9. The number of amides is 3. The molecular weight excluding hydrogens is 464 g/mol. The Hall–Kier alpha value is -2.78. The van der Waals surface area contributed by atoms with Crippen molar-refractivity contribution in [3.05, 3.63) is 18.2 Å². The lowest BCUT2D eigenvalue weighted by atomic mass is 10.1. The quantitative estimate of drug-likeness (QED) is 0.126. The number of nitrogens with two attached hydrogens (primary N) is 1. The summed E-state index contributed by atoms with van der Waals surface area (Å²) in [5, 5.41) is 24.9. The monoisotopic (exact) mass is 490 g/mol. The lowest BCUT2D eigenvalue weighted by molar-refractivity contribution is -0.141. The van der Waals surface area contributed by atoms with Gasteiger partial charge < -0.3 is 36.9 Å². The average molecular weight is 491 g/mol. The molecule has 0 aliphatic carbocycles. The molecule has 0 saturated heterocycles. The fourth-order valence-corrected chi connectivity index (χ4v) is 2.94. The van der Waals surface area contributed by atoms with E-state index in [9.17, 15) is 24.0 Å². The topological polar surface area (TPSA) is 217 Å². The number of thiol groups is 2. The molecule has 3 amide bonds. The van der Waals surface area contributed by atoms with Crippen molar-refractivity contribution in [3.8, 4) is 0 Å². The molecule has 0 fully saturated rings. The molecule has 0 spiro atoms. The van der Waals surface area contributed by atoms with Crippen LogP contribution in [0.4, 0.5) is 0 Å². The van der Waals surface area contributed by atoms with Crippen LogP contribution in [0.3, 0.4) is 0 Å². The zero-order valence-corrected chi connectivity index (χ0v) is 18.6. The number of aromatic nitrogens is 2. The normalized spacial score (nSPS) is 14.5. The molecule has 0 bridgehead atoms. The zero-order chi connectivity index (χ0) is 24.3. The molecule has 0 aliphatic heterocycles. The molecule has 178 valence electrons. The standard InChI is InChI=1S/C17H26N6O7S2/c18-9(1-2-13(24)25)14(26)22-11(5-31)16(28)21-10(3-8-4-19-7-20-8)15(27)23-12(6-32)17(29)30/h4,7,9-12,31-32H,1-3,5-6,18H2,(H,19,20)(H,21,28)(H,22,26)(H,23,27)(H,24,25)(H,29,30). The summed E-state index contributed by atoms with van der Waals surface area (Å²) in [6.45, 7) is 0. The second-order valence-electron chi connectivity index (χ2n) is 6.71. The van der Waals surface area contributed by atoms with Gasteiger partial charge in [0, 0.05) is 36.2 Å². The van der Waals surface area contributed by atoms with Crippen molar-refractivity contribution in [1.29, 1.82) is 0 Å². The van der Waals surface area contributed by atoms with E-state index in [0.717, 1.165) is 0 Å². The molecule has 1 aromatic heterocycles. The fourth-order valence-electron chi connectivity index (χ4n) is 2.44. The minimum Gasteiger partial charge on any atom is -0.481 e. The summed E-state index contributed by atoms with van der Waals surface area (Å²) in [6, 6.07) is -4.82. The Balaban J connectivity index is 2.87. The number of carbonyl (C=O) groups is 5. The summed E-state index contributed by atoms with van der Waals surface area (Å²) in [5.74, 6) is -5.03. The van der Waals surface area contributed by atoms with Crippen LogP contribution in [0.2, 0.25) is 0 Å². The number of carboxylic acid groups (broad SMARTS) is 2. The third kappa shape index (κ3) is 9.15. The Kier molecular flexibility index (Phi) is 11.6. The maximum atomic E-state index is 12.7. The van der Waals surface area contributed by atoms with E-state index in [1.165, 1.54) is 12.5 Å². The number of aliphatic carboxylic acids is 2. The van der Waals surface area contributed by atoms with Crippen LogP contribution in [0.25, 0.3) is 0 Å². The van der Waals surface area contributed by atoms with Crippen LogP contribution in [0.15, 0.2) is 12.5 Å². The van der Waals surface area contributed by atoms with Crippen molar-refractivity contribution in [2.24, 2.45) is 5.73 Å². The van der Waals surface area contributed by atoms with Crippen molar-refractivity contribution >= 4 is 54.9 Å². The molecule has 13 nitrogen and oxygen atoms in total. The second kappa shape index (κ2) is 13.6. The van der Waals surface area contributed by atoms with Gasteiger partial charge >= 0.3 is 11.9 Å². The van der Waals surface area contributed by atoms with Crippen molar-refractivity contribution in [3.63, 3.8) is 0 Å². The van der Waals surface area contributed by atoms with Gasteiger partial charge in [0.25, 0.3) is 0 Å². The van der Waals surface area contributed by atoms with Gasteiger partial charge in [-0.05, 0) is 6.42 Å². The minimum absolute atomic E-state index is 0.0398. The first kappa shape index (κ1) is 27.3. The first-order valence-corrected chi connectivity index (χ1v) is 10.7. The van der Waals surface area contributed by atoms with Crippen LogP contribution in [0.1, 0.15) is 18.5 Å². The molecule has 1 heterocycles. The van der Waals surface area contributed by atoms with E-state index in [0.29, 0.717) is 5.69 Å². The van der Waals surface area contributed by atoms with Gasteiger partial charge in [-0.2, -0.15) is 25.3 Å². The number of imidazole rings is 1. The molecule has 1 rings (SSSR count). The van der Waals surface area contributed by atoms with Gasteiger partial charge in [-0.3, -0.25) is 19.2 Å². The molecule has 8 N–H and O–H groups in total. The highest BCUT2D eigenvalue weighted by Crippen LogP contribution is 2.03. The summed E-state index contributed by atoms with van der Waals surface area (Å²) < 4.78 is 0. The first-order valence-electron chi connectivity index (χ1n) is 9.39. The Morgan fingerprint density at radius 3 is 2.03 bits per heavy atom. The van der Waals surface area contributed by atoms with E-state index < -0.39 is 53.8 Å². The molecule has 0 saturated carbocycles. The lowest BCUT2D eigenvalue weighted by Gasteiger charge is -2.24. The maximum absolute atomic E-state index is 12.7. The van der Waals surface area contributed by atoms with Crippen LogP contribution in [-0.4, -0.2) is 85.5 Å². The van der Waals surface area contributed by atoms with Gasteiger partial charge in [0.15, 0.2) is 0 Å². The number of hydrogen-bond donors (Lipinski definition) is 9. The lowest BCUT2D eigenvalue weighted by Crippen LogP contribution is -2.58. The van der Waals surface area contributed by atoms with Crippen LogP contribution in [0, 0.1) is 0 Å². The Labute approximate surface area is 194 Å². The van der Waals surface area contributed by atoms with E-state index in [4.69, 9.17) is 15.9 Å². The summed E-state index contributed by atoms with van der Waals surface area (Å²) >= 11 is 7.91. The van der Waals surface area contributed by atoms with Gasteiger partial charge in [0.1, 0.15) is 18.1 Å². The molecule has 0 aromatic carbocycles. The van der Waals surface area contributed by atoms with E-state index in [-0.39, 0.29) is 30.8 Å². The minimum atomic E-state index is -1.30. The molecule has 0 aliphatic rings. The predicted molar refractivity (Wildman–Crippen MR) is 118 cm³/mol. The highest BCUT2D eigenvalue weighted by Gasteiger charge is 2.30. The van der Waals surface area contributed by atoms with E-state index >= 15 is 0 Å². The average Bonchev–Trinajstić information content (AvgIpc) is 3.25. The summed E-state index contributed by atoms with van der Waals surface area (Å²) in [5.41, 5.74) is 6.13. The second-order valence-corrected chi connectivity index (χ2v) is 7.44. The number of nitrogens with one attached hydrogen (secondary N) is 4. The first-order chi connectivity index (χ1) is 15.1. The third-order valence-corrected chi connectivity index (χ3v) is 4.96. The summed E-state index contributed by atoms with van der Waals surface area (Å²) in [6.07, 6.45) is 2.30. The Bertz CT molecular complexity index is 807. The Morgan fingerprint density at radius 2 is 1.53 bits per heavy atom. The largest absolute Gasteiger partial charge is 0.481 e. The van der Waals surface area contributed by atoms with E-state index in [1.807, 2.05) is 0 Å². The molecule has 4 atom stereocenters. The number of carboxylic acids is 2. The summed E-state index contributed by atoms with van der Waals surface area (Å²) in [7, 11) is 0. The molecule has 1 aromatic rings. The van der Waals surface area contributed by atoms with Crippen molar-refractivity contribution in [1.82, 2.24) is 25.9 Å². The van der Waals surface area contributed by atoms with Crippen LogP contribution in [-0.2, 0) is 30.4 Å². The number of H-pyrrole nitrogens is 1. The van der Waals surface area contributed by atoms with Crippen LogP contribution >= 0.6 is 25.3 Å². The van der Waals surface area contributed by atoms with Crippen LogP contribution in [0.5, 0.6) is 0 Å². The SMILES string of the molecule is NC(CCC(=O)O)C(=O)NC(CS)C(=O)NC(Cc1cnc[nH]1)C(=O)NC(CS)C(=O)O. The highest BCUT2D eigenvalue weighted by atomic mass is 32.1. The van der Waals surface area contributed by atoms with Crippen molar-refractivity contribution < 1.29 is 34.2 Å². The molecule has 0 radical (unpaired) electrons.